The lowest BCUT2D eigenvalue weighted by atomic mass is 9.94. The Labute approximate surface area is 117 Å². The minimum atomic E-state index is -0.591. The fourth-order valence-electron chi connectivity index (χ4n) is 1.96. The summed E-state index contributed by atoms with van der Waals surface area (Å²) >= 11 is 0. The topological polar surface area (TPSA) is 116 Å². The molecule has 0 atom stereocenters. The number of rotatable bonds is 6. The average Bonchev–Trinajstić information content (AvgIpc) is 2.70. The molecule has 0 aliphatic carbocycles. The monoisotopic (exact) mass is 283 g/mol. The van der Waals surface area contributed by atoms with Gasteiger partial charge >= 0.3 is 5.69 Å². The van der Waals surface area contributed by atoms with Gasteiger partial charge in [-0.3, -0.25) is 19.6 Å². The maximum Gasteiger partial charge on any atom is 0.322 e. The lowest BCUT2D eigenvalue weighted by Gasteiger charge is -2.26. The molecule has 1 aromatic rings. The van der Waals surface area contributed by atoms with E-state index in [0.29, 0.717) is 12.8 Å². The number of nitrogens with one attached hydrogen (secondary N) is 1. The van der Waals surface area contributed by atoms with Crippen LogP contribution in [0.5, 0.6) is 0 Å². The third kappa shape index (κ3) is 3.13. The Morgan fingerprint density at radius 2 is 2.05 bits per heavy atom. The Morgan fingerprint density at radius 3 is 2.50 bits per heavy atom. The Bertz CT molecular complexity index is 519. The second kappa shape index (κ2) is 6.00. The maximum atomic E-state index is 12.2. The highest BCUT2D eigenvalue weighted by Gasteiger charge is 2.30. The van der Waals surface area contributed by atoms with Crippen molar-refractivity contribution < 1.29 is 9.72 Å². The van der Waals surface area contributed by atoms with Crippen molar-refractivity contribution in [3.8, 4) is 0 Å². The molecule has 0 aliphatic heterocycles. The summed E-state index contributed by atoms with van der Waals surface area (Å²) in [6, 6.07) is 0. The standard InChI is InChI=1S/C12H21N5O3/c1-5-12(13,6-2)7-14-11(18)10-9(17(19)20)8(3)15-16(10)4/h5-7,13H2,1-4H3,(H,14,18). The van der Waals surface area contributed by atoms with Crippen LogP contribution >= 0.6 is 0 Å². The molecule has 0 fully saturated rings. The minimum absolute atomic E-state index is 0.0537. The summed E-state index contributed by atoms with van der Waals surface area (Å²) in [5, 5.41) is 17.6. The summed E-state index contributed by atoms with van der Waals surface area (Å²) in [5.74, 6) is -0.531. The van der Waals surface area contributed by atoms with Gasteiger partial charge in [-0.15, -0.1) is 0 Å². The lowest BCUT2D eigenvalue weighted by Crippen LogP contribution is -2.49. The molecule has 1 heterocycles. The van der Waals surface area contributed by atoms with Crippen LogP contribution in [0.2, 0.25) is 0 Å². The second-order valence-corrected chi connectivity index (χ2v) is 4.92. The summed E-state index contributed by atoms with van der Waals surface area (Å²) < 4.78 is 1.22. The first-order valence-corrected chi connectivity index (χ1v) is 6.50. The molecular weight excluding hydrogens is 262 g/mol. The van der Waals surface area contributed by atoms with Crippen LogP contribution in [-0.2, 0) is 7.05 Å². The van der Waals surface area contributed by atoms with Crippen LogP contribution in [0.15, 0.2) is 0 Å². The molecule has 0 bridgehead atoms. The summed E-state index contributed by atoms with van der Waals surface area (Å²) in [5.41, 5.74) is 5.49. The number of hydrogen-bond donors (Lipinski definition) is 2. The number of aryl methyl sites for hydroxylation is 2. The van der Waals surface area contributed by atoms with Crippen molar-refractivity contribution in [2.75, 3.05) is 6.54 Å². The number of carbonyl (C=O) groups is 1. The normalized spacial score (nSPS) is 11.4. The molecule has 0 saturated heterocycles. The lowest BCUT2D eigenvalue weighted by molar-refractivity contribution is -0.385. The van der Waals surface area contributed by atoms with Gasteiger partial charge in [-0.25, -0.2) is 0 Å². The molecule has 3 N–H and O–H groups in total. The molecule has 0 unspecified atom stereocenters. The molecule has 112 valence electrons. The van der Waals surface area contributed by atoms with Crippen molar-refractivity contribution in [1.29, 1.82) is 0 Å². The molecule has 0 radical (unpaired) electrons. The van der Waals surface area contributed by atoms with E-state index in [0.717, 1.165) is 0 Å². The molecule has 0 spiro atoms. The van der Waals surface area contributed by atoms with Gasteiger partial charge < -0.3 is 11.1 Å². The van der Waals surface area contributed by atoms with Crippen LogP contribution < -0.4 is 11.1 Å². The highest BCUT2D eigenvalue weighted by atomic mass is 16.6. The number of amides is 1. The van der Waals surface area contributed by atoms with Crippen LogP contribution in [0.4, 0.5) is 5.69 Å². The zero-order valence-corrected chi connectivity index (χ0v) is 12.3. The number of hydrogen-bond acceptors (Lipinski definition) is 5. The van der Waals surface area contributed by atoms with Crippen molar-refractivity contribution in [3.05, 3.63) is 21.5 Å². The average molecular weight is 283 g/mol. The molecule has 8 nitrogen and oxygen atoms in total. The second-order valence-electron chi connectivity index (χ2n) is 4.92. The predicted octanol–water partition coefficient (Wildman–Crippen LogP) is 0.884. The number of aromatic nitrogens is 2. The number of nitro groups is 1. The van der Waals surface area contributed by atoms with Crippen molar-refractivity contribution in [1.82, 2.24) is 15.1 Å². The van der Waals surface area contributed by atoms with Crippen molar-refractivity contribution in [2.24, 2.45) is 12.8 Å². The zero-order valence-electron chi connectivity index (χ0n) is 12.3. The Balaban J connectivity index is 2.97. The molecule has 1 aromatic heterocycles. The van der Waals surface area contributed by atoms with Gasteiger partial charge in [0.1, 0.15) is 5.69 Å². The predicted molar refractivity (Wildman–Crippen MR) is 74.4 cm³/mol. The van der Waals surface area contributed by atoms with Crippen LogP contribution in [0, 0.1) is 17.0 Å². The smallest absolute Gasteiger partial charge is 0.322 e. The van der Waals surface area contributed by atoms with Gasteiger partial charge in [0.25, 0.3) is 5.91 Å². The van der Waals surface area contributed by atoms with Gasteiger partial charge in [0.15, 0.2) is 0 Å². The Morgan fingerprint density at radius 1 is 1.50 bits per heavy atom. The van der Waals surface area contributed by atoms with Crippen LogP contribution in [-0.4, -0.2) is 32.7 Å². The molecule has 20 heavy (non-hydrogen) atoms. The Kier molecular flexibility index (Phi) is 4.83. The third-order valence-corrected chi connectivity index (χ3v) is 3.60. The quantitative estimate of drug-likeness (QED) is 0.594. The van der Waals surface area contributed by atoms with E-state index in [4.69, 9.17) is 5.73 Å². The van der Waals surface area contributed by atoms with Gasteiger partial charge in [-0.1, -0.05) is 13.8 Å². The Hall–Kier alpha value is -1.96. The SMILES string of the molecule is CCC(N)(CC)CNC(=O)c1c([N+](=O)[O-])c(C)nn1C. The summed E-state index contributed by atoms with van der Waals surface area (Å²) in [6.45, 7) is 5.64. The van der Waals surface area contributed by atoms with Crippen molar-refractivity contribution >= 4 is 11.6 Å². The number of carbonyl (C=O) groups excluding carboxylic acids is 1. The summed E-state index contributed by atoms with van der Waals surface area (Å²) in [7, 11) is 1.50. The van der Waals surface area contributed by atoms with E-state index < -0.39 is 16.4 Å². The highest BCUT2D eigenvalue weighted by Crippen LogP contribution is 2.22. The molecule has 0 saturated carbocycles. The molecule has 8 heteroatoms. The van der Waals surface area contributed by atoms with E-state index in [1.807, 2.05) is 13.8 Å². The van der Waals surface area contributed by atoms with E-state index in [9.17, 15) is 14.9 Å². The molecule has 0 aliphatic rings. The minimum Gasteiger partial charge on any atom is -0.349 e. The van der Waals surface area contributed by atoms with Crippen LogP contribution in [0.25, 0.3) is 0 Å². The molecular formula is C12H21N5O3. The first kappa shape index (κ1) is 16.1. The molecule has 1 amide bonds. The summed E-state index contributed by atoms with van der Waals surface area (Å²) in [4.78, 5) is 22.6. The zero-order chi connectivity index (χ0) is 15.5. The molecule has 1 rings (SSSR count). The van der Waals surface area contributed by atoms with Gasteiger partial charge in [0.05, 0.1) is 4.92 Å². The van der Waals surface area contributed by atoms with Gasteiger partial charge in [0, 0.05) is 19.1 Å². The number of nitrogens with two attached hydrogens (primary N) is 1. The van der Waals surface area contributed by atoms with E-state index in [1.165, 1.54) is 18.7 Å². The molecule has 0 aromatic carbocycles. The van der Waals surface area contributed by atoms with Gasteiger partial charge in [-0.05, 0) is 19.8 Å². The first-order valence-electron chi connectivity index (χ1n) is 6.50. The van der Waals surface area contributed by atoms with Crippen LogP contribution in [0.3, 0.4) is 0 Å². The van der Waals surface area contributed by atoms with Gasteiger partial charge in [0.2, 0.25) is 5.69 Å². The van der Waals surface area contributed by atoms with E-state index >= 15 is 0 Å². The van der Waals surface area contributed by atoms with E-state index in [-0.39, 0.29) is 23.6 Å². The first-order chi connectivity index (χ1) is 9.25. The van der Waals surface area contributed by atoms with Gasteiger partial charge in [-0.2, -0.15) is 5.10 Å². The van der Waals surface area contributed by atoms with E-state index in [2.05, 4.69) is 10.4 Å². The largest absolute Gasteiger partial charge is 0.349 e. The number of nitrogens with zero attached hydrogens (tertiary/aromatic N) is 3. The van der Waals surface area contributed by atoms with E-state index in [1.54, 1.807) is 0 Å². The fraction of sp³-hybridized carbons (Fsp3) is 0.667. The summed E-state index contributed by atoms with van der Waals surface area (Å²) in [6.07, 6.45) is 1.41. The third-order valence-electron chi connectivity index (χ3n) is 3.60. The van der Waals surface area contributed by atoms with Crippen molar-refractivity contribution in [2.45, 2.75) is 39.2 Å². The fourth-order valence-corrected chi connectivity index (χ4v) is 1.96. The van der Waals surface area contributed by atoms with Crippen LogP contribution in [0.1, 0.15) is 42.9 Å². The highest BCUT2D eigenvalue weighted by molar-refractivity contribution is 5.96. The van der Waals surface area contributed by atoms with Crippen molar-refractivity contribution in [3.63, 3.8) is 0 Å². The maximum absolute atomic E-state index is 12.2.